The van der Waals surface area contributed by atoms with Crippen molar-refractivity contribution < 1.29 is 9.53 Å². The molecule has 1 rings (SSSR count). The number of alkyl halides is 1. The summed E-state index contributed by atoms with van der Waals surface area (Å²) in [5, 5.41) is 3.82. The Morgan fingerprint density at radius 2 is 2.36 bits per heavy atom. The Bertz CT molecular complexity index is 284. The van der Waals surface area contributed by atoms with Crippen molar-refractivity contribution in [3.63, 3.8) is 0 Å². The summed E-state index contributed by atoms with van der Waals surface area (Å²) in [4.78, 5) is 11.4. The Kier molecular flexibility index (Phi) is 4.20. The number of hydrogen-bond acceptors (Lipinski definition) is 3. The van der Waals surface area contributed by atoms with Gasteiger partial charge in [0.15, 0.2) is 0 Å². The van der Waals surface area contributed by atoms with Crippen molar-refractivity contribution in [3.8, 4) is 0 Å². The molecule has 78 valence electrons. The van der Waals surface area contributed by atoms with Crippen LogP contribution in [-0.4, -0.2) is 24.5 Å². The maximum Gasteiger partial charge on any atom is 0.332 e. The van der Waals surface area contributed by atoms with Crippen LogP contribution in [0.3, 0.4) is 0 Å². The van der Waals surface area contributed by atoms with Gasteiger partial charge in [-0.25, -0.2) is 4.79 Å². The van der Waals surface area contributed by atoms with Crippen LogP contribution < -0.4 is 5.32 Å². The fraction of sp³-hybridized carbons (Fsp3) is 0.500. The lowest BCUT2D eigenvalue weighted by Crippen LogP contribution is -2.40. The minimum atomic E-state index is -0.334. The van der Waals surface area contributed by atoms with Gasteiger partial charge in [0.1, 0.15) is 6.04 Å². The molecule has 0 saturated heterocycles. The van der Waals surface area contributed by atoms with Crippen LogP contribution in [0.5, 0.6) is 0 Å². The van der Waals surface area contributed by atoms with E-state index in [1.165, 1.54) is 7.11 Å². The predicted molar refractivity (Wildman–Crippen MR) is 59.2 cm³/mol. The highest BCUT2D eigenvalue weighted by Gasteiger charge is 2.24. The molecule has 1 atom stereocenters. The molecule has 1 unspecified atom stereocenters. The first-order valence-electron chi connectivity index (χ1n) is 4.52. The van der Waals surface area contributed by atoms with Crippen LogP contribution in [0.25, 0.3) is 0 Å². The third kappa shape index (κ3) is 2.38. The van der Waals surface area contributed by atoms with Crippen molar-refractivity contribution in [3.05, 3.63) is 23.4 Å². The molecule has 0 bridgehead atoms. The number of carbonyl (C=O) groups excluding carboxylic acids is 1. The molecule has 0 spiro atoms. The van der Waals surface area contributed by atoms with Gasteiger partial charge in [-0.2, -0.15) is 0 Å². The van der Waals surface area contributed by atoms with Crippen molar-refractivity contribution >= 4 is 21.9 Å². The first kappa shape index (κ1) is 11.3. The van der Waals surface area contributed by atoms with Gasteiger partial charge in [0.25, 0.3) is 0 Å². The van der Waals surface area contributed by atoms with E-state index in [4.69, 9.17) is 4.74 Å². The molecule has 0 fully saturated rings. The molecule has 0 saturated carbocycles. The van der Waals surface area contributed by atoms with Gasteiger partial charge in [-0.15, -0.1) is 0 Å². The van der Waals surface area contributed by atoms with Gasteiger partial charge in [-0.05, 0) is 18.1 Å². The number of rotatable bonds is 3. The van der Waals surface area contributed by atoms with Crippen LogP contribution >= 0.6 is 15.9 Å². The zero-order valence-electron chi connectivity index (χ0n) is 8.34. The fourth-order valence-corrected chi connectivity index (χ4v) is 1.81. The van der Waals surface area contributed by atoms with Gasteiger partial charge in [0, 0.05) is 11.0 Å². The minimum Gasteiger partial charge on any atom is -0.467 e. The largest absolute Gasteiger partial charge is 0.467 e. The van der Waals surface area contributed by atoms with Crippen LogP contribution in [0.15, 0.2) is 23.4 Å². The van der Waals surface area contributed by atoms with E-state index in [0.717, 1.165) is 17.7 Å². The monoisotopic (exact) mass is 259 g/mol. The summed E-state index contributed by atoms with van der Waals surface area (Å²) >= 11 is 3.35. The van der Waals surface area contributed by atoms with Crippen LogP contribution in [-0.2, 0) is 9.53 Å². The molecule has 0 aliphatic carbocycles. The van der Waals surface area contributed by atoms with Crippen molar-refractivity contribution in [2.24, 2.45) is 0 Å². The van der Waals surface area contributed by atoms with Crippen LogP contribution in [0.1, 0.15) is 13.3 Å². The zero-order valence-corrected chi connectivity index (χ0v) is 9.93. The van der Waals surface area contributed by atoms with Crippen molar-refractivity contribution in [1.82, 2.24) is 5.32 Å². The standard InChI is InChI=1S/C10H14BrNO2/c1-3-8-5-4-7(6-11)9(12-8)10(13)14-2/h4-5,9,12H,3,6H2,1-2H3. The summed E-state index contributed by atoms with van der Waals surface area (Å²) in [5.74, 6) is -0.241. The van der Waals surface area contributed by atoms with E-state index in [2.05, 4.69) is 21.2 Å². The molecule has 1 aliphatic heterocycles. The van der Waals surface area contributed by atoms with Crippen LogP contribution in [0.2, 0.25) is 0 Å². The van der Waals surface area contributed by atoms with Crippen molar-refractivity contribution in [1.29, 1.82) is 0 Å². The predicted octanol–water partition coefficient (Wildman–Crippen LogP) is 1.75. The highest BCUT2D eigenvalue weighted by Crippen LogP contribution is 2.16. The molecule has 1 N–H and O–H groups in total. The summed E-state index contributed by atoms with van der Waals surface area (Å²) in [5.41, 5.74) is 2.05. The second-order valence-corrected chi connectivity index (χ2v) is 3.58. The second-order valence-electron chi connectivity index (χ2n) is 3.02. The fourth-order valence-electron chi connectivity index (χ4n) is 1.30. The minimum absolute atomic E-state index is 0.241. The van der Waals surface area contributed by atoms with E-state index < -0.39 is 0 Å². The van der Waals surface area contributed by atoms with Crippen LogP contribution in [0.4, 0.5) is 0 Å². The number of allylic oxidation sites excluding steroid dienone is 3. The lowest BCUT2D eigenvalue weighted by Gasteiger charge is -2.24. The topological polar surface area (TPSA) is 38.3 Å². The number of carbonyl (C=O) groups is 1. The maximum absolute atomic E-state index is 11.4. The summed E-state index contributed by atoms with van der Waals surface area (Å²) in [6.45, 7) is 2.04. The van der Waals surface area contributed by atoms with E-state index in [0.29, 0.717) is 5.33 Å². The van der Waals surface area contributed by atoms with E-state index in [1.54, 1.807) is 0 Å². The van der Waals surface area contributed by atoms with E-state index in [9.17, 15) is 4.79 Å². The molecule has 14 heavy (non-hydrogen) atoms. The summed E-state index contributed by atoms with van der Waals surface area (Å²) in [7, 11) is 1.40. The Morgan fingerprint density at radius 3 is 2.86 bits per heavy atom. The smallest absolute Gasteiger partial charge is 0.332 e. The van der Waals surface area contributed by atoms with Gasteiger partial charge in [0.05, 0.1) is 7.11 Å². The van der Waals surface area contributed by atoms with Gasteiger partial charge in [0.2, 0.25) is 0 Å². The third-order valence-corrected chi connectivity index (χ3v) is 2.82. The molecule has 0 amide bonds. The average Bonchev–Trinajstić information content (AvgIpc) is 2.27. The zero-order chi connectivity index (χ0) is 10.6. The number of ether oxygens (including phenoxy) is 1. The molecule has 4 heteroatoms. The van der Waals surface area contributed by atoms with Crippen molar-refractivity contribution in [2.75, 3.05) is 12.4 Å². The Labute approximate surface area is 92.3 Å². The number of nitrogens with one attached hydrogen (secondary N) is 1. The molecule has 3 nitrogen and oxygen atoms in total. The Hall–Kier alpha value is -0.770. The Morgan fingerprint density at radius 1 is 1.64 bits per heavy atom. The van der Waals surface area contributed by atoms with E-state index in [1.807, 2.05) is 19.1 Å². The highest BCUT2D eigenvalue weighted by molar-refractivity contribution is 9.09. The first-order chi connectivity index (χ1) is 6.72. The molecule has 0 aromatic heterocycles. The summed E-state index contributed by atoms with van der Waals surface area (Å²) in [6.07, 6.45) is 4.85. The van der Waals surface area contributed by atoms with Gasteiger partial charge < -0.3 is 10.1 Å². The van der Waals surface area contributed by atoms with Gasteiger partial charge in [-0.1, -0.05) is 28.9 Å². The molecule has 1 aliphatic rings. The highest BCUT2D eigenvalue weighted by atomic mass is 79.9. The number of halogens is 1. The van der Waals surface area contributed by atoms with E-state index >= 15 is 0 Å². The number of esters is 1. The SMILES string of the molecule is CCC1=CC=C(CBr)C(C(=O)OC)N1. The second kappa shape index (κ2) is 5.20. The maximum atomic E-state index is 11.4. The summed E-state index contributed by atoms with van der Waals surface area (Å²) < 4.78 is 4.72. The molecular formula is C10H14BrNO2. The van der Waals surface area contributed by atoms with Crippen molar-refractivity contribution in [2.45, 2.75) is 19.4 Å². The lowest BCUT2D eigenvalue weighted by atomic mass is 10.0. The van der Waals surface area contributed by atoms with Crippen LogP contribution in [0, 0.1) is 0 Å². The lowest BCUT2D eigenvalue weighted by molar-refractivity contribution is -0.141. The molecule has 1 heterocycles. The summed E-state index contributed by atoms with van der Waals surface area (Å²) in [6, 6.07) is -0.334. The first-order valence-corrected chi connectivity index (χ1v) is 5.65. The third-order valence-electron chi connectivity index (χ3n) is 2.17. The molecule has 0 aromatic carbocycles. The Balaban J connectivity index is 2.82. The molecule has 0 aromatic rings. The number of methoxy groups -OCH3 is 1. The molecular weight excluding hydrogens is 246 g/mol. The van der Waals surface area contributed by atoms with Gasteiger partial charge >= 0.3 is 5.97 Å². The molecule has 0 radical (unpaired) electrons. The average molecular weight is 260 g/mol. The normalized spacial score (nSPS) is 20.6. The quantitative estimate of drug-likeness (QED) is 0.620. The van der Waals surface area contributed by atoms with Gasteiger partial charge in [-0.3, -0.25) is 0 Å². The van der Waals surface area contributed by atoms with E-state index in [-0.39, 0.29) is 12.0 Å². The number of dihydropyridines is 1. The number of hydrogen-bond donors (Lipinski definition) is 1.